The second kappa shape index (κ2) is 8.18. The van der Waals surface area contributed by atoms with Gasteiger partial charge >= 0.3 is 0 Å². The topological polar surface area (TPSA) is 75.3 Å². The van der Waals surface area contributed by atoms with Crippen molar-refractivity contribution in [1.82, 2.24) is 0 Å². The summed E-state index contributed by atoms with van der Waals surface area (Å²) in [6.07, 6.45) is 0. The molecule has 0 heterocycles. The Morgan fingerprint density at radius 2 is 1.50 bits per heavy atom. The molecule has 3 rings (SSSR count). The monoisotopic (exact) mass is 438 g/mol. The Morgan fingerprint density at radius 1 is 0.857 bits per heavy atom. The van der Waals surface area contributed by atoms with Gasteiger partial charge in [-0.2, -0.15) is 0 Å². The number of sulfonamides is 1. The van der Waals surface area contributed by atoms with Crippen molar-refractivity contribution in [3.8, 4) is 0 Å². The molecule has 0 aromatic heterocycles. The normalized spacial score (nSPS) is 11.1. The maximum Gasteiger partial charge on any atom is 0.261 e. The van der Waals surface area contributed by atoms with Crippen LogP contribution in [0.2, 0.25) is 10.0 Å². The number of hydrogen-bond donors (Lipinski definition) is 2. The molecule has 2 N–H and O–H groups in total. The molecule has 0 radical (unpaired) electrons. The van der Waals surface area contributed by atoms with Crippen molar-refractivity contribution in [2.75, 3.05) is 10.0 Å². The van der Waals surface area contributed by atoms with Crippen LogP contribution in [0.3, 0.4) is 0 Å². The van der Waals surface area contributed by atoms with E-state index in [0.29, 0.717) is 15.7 Å². The summed E-state index contributed by atoms with van der Waals surface area (Å²) in [6, 6.07) is 14.9. The molecule has 3 aromatic rings. The van der Waals surface area contributed by atoms with E-state index in [-0.39, 0.29) is 16.1 Å². The summed E-state index contributed by atoms with van der Waals surface area (Å²) in [6.45, 7) is 0. The third-order valence-corrected chi connectivity index (χ3v) is 5.44. The van der Waals surface area contributed by atoms with E-state index in [1.165, 1.54) is 54.6 Å². The summed E-state index contributed by atoms with van der Waals surface area (Å²) in [4.78, 5) is 12.3. The predicted octanol–water partition coefficient (Wildman–Crippen LogP) is 5.19. The van der Waals surface area contributed by atoms with E-state index in [1.807, 2.05) is 0 Å². The third-order valence-electron chi connectivity index (χ3n) is 3.62. The van der Waals surface area contributed by atoms with Crippen LogP contribution < -0.4 is 10.0 Å². The Hall–Kier alpha value is -2.61. The fourth-order valence-electron chi connectivity index (χ4n) is 2.37. The molecule has 0 atom stereocenters. The summed E-state index contributed by atoms with van der Waals surface area (Å²) < 4.78 is 40.4. The van der Waals surface area contributed by atoms with Gasteiger partial charge in [0.1, 0.15) is 5.82 Å². The van der Waals surface area contributed by atoms with Gasteiger partial charge in [0.25, 0.3) is 15.9 Å². The lowest BCUT2D eigenvalue weighted by Crippen LogP contribution is -2.16. The number of hydrogen-bond acceptors (Lipinski definition) is 3. The fourth-order valence-corrected chi connectivity index (χ4v) is 4.00. The van der Waals surface area contributed by atoms with Crippen LogP contribution in [-0.4, -0.2) is 14.3 Å². The van der Waals surface area contributed by atoms with Crippen molar-refractivity contribution in [2.45, 2.75) is 4.90 Å². The molecule has 0 spiro atoms. The minimum atomic E-state index is -3.96. The molecule has 0 unspecified atom stereocenters. The van der Waals surface area contributed by atoms with Crippen LogP contribution in [0, 0.1) is 5.82 Å². The minimum Gasteiger partial charge on any atom is -0.322 e. The lowest BCUT2D eigenvalue weighted by Gasteiger charge is -2.10. The summed E-state index contributed by atoms with van der Waals surface area (Å²) in [5, 5.41) is 3.31. The maximum absolute atomic E-state index is 13.0. The lowest BCUT2D eigenvalue weighted by atomic mass is 10.2. The van der Waals surface area contributed by atoms with Gasteiger partial charge in [-0.25, -0.2) is 12.8 Å². The molecule has 0 aliphatic carbocycles. The lowest BCUT2D eigenvalue weighted by molar-refractivity contribution is 0.102. The average Bonchev–Trinajstić information content (AvgIpc) is 2.63. The molecule has 144 valence electrons. The first kappa shape index (κ1) is 20.1. The molecule has 1 amide bonds. The molecule has 0 saturated heterocycles. The highest BCUT2D eigenvalue weighted by atomic mass is 35.5. The van der Waals surface area contributed by atoms with Gasteiger partial charge in [-0.05, 0) is 60.7 Å². The van der Waals surface area contributed by atoms with Gasteiger partial charge in [0.2, 0.25) is 0 Å². The molecule has 0 fully saturated rings. The first-order valence-corrected chi connectivity index (χ1v) is 10.1. The summed E-state index contributed by atoms with van der Waals surface area (Å²) >= 11 is 11.8. The van der Waals surface area contributed by atoms with E-state index in [1.54, 1.807) is 0 Å². The van der Waals surface area contributed by atoms with E-state index < -0.39 is 21.7 Å². The van der Waals surface area contributed by atoms with Gasteiger partial charge in [-0.15, -0.1) is 0 Å². The number of amides is 1. The maximum atomic E-state index is 13.0. The molecule has 3 aromatic carbocycles. The standard InChI is InChI=1S/C19H13Cl2FN2O3S/c20-13-9-14(21)11-17(10-13)23-19(25)12-2-1-3-18(8-12)28(26,27)24-16-6-4-15(22)5-7-16/h1-11,24H,(H,23,25). The number of carbonyl (C=O) groups is 1. The SMILES string of the molecule is O=C(Nc1cc(Cl)cc(Cl)c1)c1cccc(S(=O)(=O)Nc2ccc(F)cc2)c1. The Morgan fingerprint density at radius 3 is 2.14 bits per heavy atom. The van der Waals surface area contributed by atoms with E-state index >= 15 is 0 Å². The van der Waals surface area contributed by atoms with Crippen molar-refractivity contribution in [2.24, 2.45) is 0 Å². The Kier molecular flexibility index (Phi) is 5.88. The van der Waals surface area contributed by atoms with E-state index in [9.17, 15) is 17.6 Å². The number of anilines is 2. The van der Waals surface area contributed by atoms with Crippen LogP contribution in [0.15, 0.2) is 71.6 Å². The third kappa shape index (κ3) is 5.01. The second-order valence-corrected chi connectivity index (χ2v) is 8.31. The Balaban J connectivity index is 1.82. The van der Waals surface area contributed by atoms with Gasteiger partial charge in [-0.3, -0.25) is 9.52 Å². The molecule has 0 saturated carbocycles. The quantitative estimate of drug-likeness (QED) is 0.575. The van der Waals surface area contributed by atoms with E-state index in [0.717, 1.165) is 12.1 Å². The van der Waals surface area contributed by atoms with Crippen molar-refractivity contribution in [3.63, 3.8) is 0 Å². The largest absolute Gasteiger partial charge is 0.322 e. The molecule has 0 aliphatic rings. The molecule has 0 bridgehead atoms. The highest BCUT2D eigenvalue weighted by molar-refractivity contribution is 7.92. The average molecular weight is 439 g/mol. The molecule has 9 heteroatoms. The number of halogens is 3. The first-order chi connectivity index (χ1) is 13.2. The fraction of sp³-hybridized carbons (Fsp3) is 0. The zero-order valence-electron chi connectivity index (χ0n) is 14.1. The van der Waals surface area contributed by atoms with Crippen LogP contribution in [0.25, 0.3) is 0 Å². The summed E-state index contributed by atoms with van der Waals surface area (Å²) in [7, 11) is -3.96. The highest BCUT2D eigenvalue weighted by Crippen LogP contribution is 2.23. The molecule has 28 heavy (non-hydrogen) atoms. The Labute approximate surface area is 171 Å². The zero-order valence-corrected chi connectivity index (χ0v) is 16.4. The van der Waals surface area contributed by atoms with E-state index in [2.05, 4.69) is 10.0 Å². The van der Waals surface area contributed by atoms with E-state index in [4.69, 9.17) is 23.2 Å². The van der Waals surface area contributed by atoms with Crippen LogP contribution in [0.4, 0.5) is 15.8 Å². The number of rotatable bonds is 5. The second-order valence-electron chi connectivity index (χ2n) is 5.75. The predicted molar refractivity (Wildman–Crippen MR) is 108 cm³/mol. The Bertz CT molecular complexity index is 1120. The highest BCUT2D eigenvalue weighted by Gasteiger charge is 2.17. The molecular formula is C19H13Cl2FN2O3S. The van der Waals surface area contributed by atoms with Gasteiger partial charge in [0, 0.05) is 27.0 Å². The van der Waals surface area contributed by atoms with Gasteiger partial charge < -0.3 is 5.32 Å². The first-order valence-electron chi connectivity index (χ1n) is 7.89. The van der Waals surface area contributed by atoms with Crippen LogP contribution in [0.1, 0.15) is 10.4 Å². The van der Waals surface area contributed by atoms with Crippen molar-refractivity contribution in [3.05, 3.63) is 88.2 Å². The van der Waals surface area contributed by atoms with Gasteiger partial charge in [0.05, 0.1) is 4.90 Å². The van der Waals surface area contributed by atoms with Crippen LogP contribution in [-0.2, 0) is 10.0 Å². The van der Waals surface area contributed by atoms with Crippen molar-refractivity contribution >= 4 is 50.5 Å². The number of nitrogens with one attached hydrogen (secondary N) is 2. The molecule has 0 aliphatic heterocycles. The summed E-state index contributed by atoms with van der Waals surface area (Å²) in [5.74, 6) is -1.01. The van der Waals surface area contributed by atoms with Gasteiger partial charge in [0.15, 0.2) is 0 Å². The number of carbonyl (C=O) groups excluding carboxylic acids is 1. The minimum absolute atomic E-state index is 0.117. The number of benzene rings is 3. The zero-order chi connectivity index (χ0) is 20.3. The summed E-state index contributed by atoms with van der Waals surface area (Å²) in [5.41, 5.74) is 0.697. The van der Waals surface area contributed by atoms with Crippen LogP contribution in [0.5, 0.6) is 0 Å². The van der Waals surface area contributed by atoms with Crippen LogP contribution >= 0.6 is 23.2 Å². The van der Waals surface area contributed by atoms with Crippen molar-refractivity contribution < 1.29 is 17.6 Å². The van der Waals surface area contributed by atoms with Gasteiger partial charge in [-0.1, -0.05) is 29.3 Å². The smallest absolute Gasteiger partial charge is 0.261 e. The van der Waals surface area contributed by atoms with Crippen molar-refractivity contribution in [1.29, 1.82) is 0 Å². The molecular weight excluding hydrogens is 426 g/mol. The molecule has 5 nitrogen and oxygen atoms in total.